The molecule has 1 aromatic rings. The van der Waals surface area contributed by atoms with Crippen molar-refractivity contribution in [3.8, 4) is 0 Å². The van der Waals surface area contributed by atoms with E-state index in [2.05, 4.69) is 15.3 Å². The van der Waals surface area contributed by atoms with Crippen LogP contribution in [0.5, 0.6) is 0 Å². The highest BCUT2D eigenvalue weighted by atomic mass is 16.5. The number of ether oxygens (including phenoxy) is 1. The largest absolute Gasteiger partial charge is 0.394 e. The summed E-state index contributed by atoms with van der Waals surface area (Å²) in [7, 11) is 0. The SMILES string of the molecule is Nc1cncnc1NC1CCCOC1. The molecule has 0 saturated carbocycles. The van der Waals surface area contributed by atoms with E-state index in [9.17, 15) is 0 Å². The van der Waals surface area contributed by atoms with E-state index in [1.165, 1.54) is 6.33 Å². The van der Waals surface area contributed by atoms with Crippen LogP contribution in [0.3, 0.4) is 0 Å². The second kappa shape index (κ2) is 4.23. The van der Waals surface area contributed by atoms with Gasteiger partial charge >= 0.3 is 0 Å². The summed E-state index contributed by atoms with van der Waals surface area (Å²) in [5.41, 5.74) is 6.29. The van der Waals surface area contributed by atoms with Gasteiger partial charge < -0.3 is 15.8 Å². The summed E-state index contributed by atoms with van der Waals surface area (Å²) in [5.74, 6) is 0.704. The summed E-state index contributed by atoms with van der Waals surface area (Å²) in [6.07, 6.45) is 5.27. The molecule has 0 amide bonds. The van der Waals surface area contributed by atoms with Crippen molar-refractivity contribution in [2.24, 2.45) is 0 Å². The number of nitrogen functional groups attached to an aromatic ring is 1. The number of nitrogens with two attached hydrogens (primary N) is 1. The molecule has 1 aliphatic heterocycles. The minimum atomic E-state index is 0.320. The van der Waals surface area contributed by atoms with Gasteiger partial charge in [-0.3, -0.25) is 0 Å². The normalized spacial score (nSPS) is 21.9. The molecule has 1 saturated heterocycles. The van der Waals surface area contributed by atoms with Gasteiger partial charge in [0, 0.05) is 6.61 Å². The Morgan fingerprint density at radius 3 is 3.21 bits per heavy atom. The standard InChI is InChI=1S/C9H14N4O/c10-8-4-11-6-12-9(8)13-7-2-1-3-14-5-7/h4,6-7H,1-3,5,10H2,(H,11,12,13). The van der Waals surface area contributed by atoms with Gasteiger partial charge in [-0.05, 0) is 12.8 Å². The Labute approximate surface area is 82.7 Å². The number of rotatable bonds is 2. The Balaban J connectivity index is 1.99. The highest BCUT2D eigenvalue weighted by molar-refractivity contribution is 5.59. The molecule has 0 bridgehead atoms. The first-order valence-electron chi connectivity index (χ1n) is 4.76. The van der Waals surface area contributed by atoms with Gasteiger partial charge in [0.1, 0.15) is 6.33 Å². The van der Waals surface area contributed by atoms with Crippen LogP contribution in [0, 0.1) is 0 Å². The third kappa shape index (κ3) is 2.11. The van der Waals surface area contributed by atoms with Crippen molar-refractivity contribution in [2.75, 3.05) is 24.3 Å². The molecular weight excluding hydrogens is 180 g/mol. The lowest BCUT2D eigenvalue weighted by atomic mass is 10.1. The van der Waals surface area contributed by atoms with E-state index in [0.717, 1.165) is 26.1 Å². The van der Waals surface area contributed by atoms with Gasteiger partial charge in [-0.1, -0.05) is 0 Å². The zero-order valence-corrected chi connectivity index (χ0v) is 7.94. The van der Waals surface area contributed by atoms with E-state index in [1.807, 2.05) is 0 Å². The van der Waals surface area contributed by atoms with Crippen molar-refractivity contribution < 1.29 is 4.74 Å². The topological polar surface area (TPSA) is 73.1 Å². The molecule has 1 unspecified atom stereocenters. The third-order valence-electron chi connectivity index (χ3n) is 2.24. The van der Waals surface area contributed by atoms with Crippen LogP contribution in [0.15, 0.2) is 12.5 Å². The molecule has 76 valence electrons. The predicted octanol–water partition coefficient (Wildman–Crippen LogP) is 0.650. The maximum atomic E-state index is 5.71. The van der Waals surface area contributed by atoms with Gasteiger partial charge in [0.25, 0.3) is 0 Å². The van der Waals surface area contributed by atoms with Crippen LogP contribution < -0.4 is 11.1 Å². The molecule has 5 nitrogen and oxygen atoms in total. The average Bonchev–Trinajstić information content (AvgIpc) is 2.23. The summed E-state index contributed by atoms with van der Waals surface area (Å²) in [5, 5.41) is 3.25. The molecule has 1 aromatic heterocycles. The van der Waals surface area contributed by atoms with Crippen molar-refractivity contribution >= 4 is 11.5 Å². The molecule has 0 aliphatic carbocycles. The van der Waals surface area contributed by atoms with E-state index >= 15 is 0 Å². The number of hydrogen-bond acceptors (Lipinski definition) is 5. The summed E-state index contributed by atoms with van der Waals surface area (Å²) >= 11 is 0. The van der Waals surface area contributed by atoms with Crippen LogP contribution in [-0.2, 0) is 4.74 Å². The van der Waals surface area contributed by atoms with E-state index in [4.69, 9.17) is 10.5 Å². The zero-order valence-electron chi connectivity index (χ0n) is 7.94. The Morgan fingerprint density at radius 1 is 1.57 bits per heavy atom. The van der Waals surface area contributed by atoms with Crippen molar-refractivity contribution in [3.63, 3.8) is 0 Å². The van der Waals surface area contributed by atoms with Gasteiger partial charge in [0.05, 0.1) is 24.5 Å². The molecule has 1 atom stereocenters. The lowest BCUT2D eigenvalue weighted by Crippen LogP contribution is -2.30. The summed E-state index contributed by atoms with van der Waals surface area (Å²) in [4.78, 5) is 7.90. The molecule has 0 aromatic carbocycles. The molecule has 0 spiro atoms. The lowest BCUT2D eigenvalue weighted by molar-refractivity contribution is 0.0875. The fourth-order valence-corrected chi connectivity index (χ4v) is 1.51. The average molecular weight is 194 g/mol. The van der Waals surface area contributed by atoms with E-state index in [1.54, 1.807) is 6.20 Å². The van der Waals surface area contributed by atoms with E-state index in [-0.39, 0.29) is 0 Å². The smallest absolute Gasteiger partial charge is 0.152 e. The first-order valence-corrected chi connectivity index (χ1v) is 4.76. The molecular formula is C9H14N4O. The Bertz CT molecular complexity index is 299. The molecule has 0 radical (unpaired) electrons. The van der Waals surface area contributed by atoms with Gasteiger partial charge in [-0.25, -0.2) is 9.97 Å². The van der Waals surface area contributed by atoms with Gasteiger partial charge in [0.15, 0.2) is 5.82 Å². The zero-order chi connectivity index (χ0) is 9.80. The van der Waals surface area contributed by atoms with Crippen LogP contribution in [-0.4, -0.2) is 29.2 Å². The van der Waals surface area contributed by atoms with E-state index < -0.39 is 0 Å². The fourth-order valence-electron chi connectivity index (χ4n) is 1.51. The molecule has 14 heavy (non-hydrogen) atoms. The molecule has 1 fully saturated rings. The minimum Gasteiger partial charge on any atom is -0.394 e. The van der Waals surface area contributed by atoms with Crippen LogP contribution in [0.1, 0.15) is 12.8 Å². The van der Waals surface area contributed by atoms with Crippen LogP contribution >= 0.6 is 0 Å². The van der Waals surface area contributed by atoms with Crippen molar-refractivity contribution in [2.45, 2.75) is 18.9 Å². The maximum absolute atomic E-state index is 5.71. The van der Waals surface area contributed by atoms with Crippen LogP contribution in [0.2, 0.25) is 0 Å². The summed E-state index contributed by atoms with van der Waals surface area (Å²) in [6, 6.07) is 0.320. The Kier molecular flexibility index (Phi) is 2.78. The highest BCUT2D eigenvalue weighted by Crippen LogP contribution is 2.16. The number of aromatic nitrogens is 2. The van der Waals surface area contributed by atoms with Crippen molar-refractivity contribution in [1.82, 2.24) is 9.97 Å². The van der Waals surface area contributed by atoms with Gasteiger partial charge in [-0.15, -0.1) is 0 Å². The van der Waals surface area contributed by atoms with Gasteiger partial charge in [0.2, 0.25) is 0 Å². The lowest BCUT2D eigenvalue weighted by Gasteiger charge is -2.23. The summed E-state index contributed by atoms with van der Waals surface area (Å²) in [6.45, 7) is 1.58. The summed E-state index contributed by atoms with van der Waals surface area (Å²) < 4.78 is 5.35. The number of hydrogen-bond donors (Lipinski definition) is 2. The van der Waals surface area contributed by atoms with Gasteiger partial charge in [-0.2, -0.15) is 0 Å². The molecule has 5 heteroatoms. The maximum Gasteiger partial charge on any atom is 0.152 e. The van der Waals surface area contributed by atoms with Crippen molar-refractivity contribution in [3.05, 3.63) is 12.5 Å². The second-order valence-electron chi connectivity index (χ2n) is 3.39. The molecule has 3 N–H and O–H groups in total. The third-order valence-corrected chi connectivity index (χ3v) is 2.24. The minimum absolute atomic E-state index is 0.320. The highest BCUT2D eigenvalue weighted by Gasteiger charge is 2.14. The Morgan fingerprint density at radius 2 is 2.50 bits per heavy atom. The van der Waals surface area contributed by atoms with Crippen LogP contribution in [0.4, 0.5) is 11.5 Å². The first kappa shape index (κ1) is 9.21. The quantitative estimate of drug-likeness (QED) is 0.723. The number of nitrogens with zero attached hydrogens (tertiary/aromatic N) is 2. The number of nitrogens with one attached hydrogen (secondary N) is 1. The number of anilines is 2. The molecule has 1 aliphatic rings. The van der Waals surface area contributed by atoms with Crippen LogP contribution in [0.25, 0.3) is 0 Å². The fraction of sp³-hybridized carbons (Fsp3) is 0.556. The second-order valence-corrected chi connectivity index (χ2v) is 3.39. The first-order chi connectivity index (χ1) is 6.86. The Hall–Kier alpha value is -1.36. The molecule has 2 heterocycles. The van der Waals surface area contributed by atoms with Crippen molar-refractivity contribution in [1.29, 1.82) is 0 Å². The van der Waals surface area contributed by atoms with E-state index in [0.29, 0.717) is 17.5 Å². The monoisotopic (exact) mass is 194 g/mol. The predicted molar refractivity (Wildman–Crippen MR) is 53.9 cm³/mol. The molecule has 2 rings (SSSR count).